The number of nitrogens with zero attached hydrogens (tertiary/aromatic N) is 2. The van der Waals surface area contributed by atoms with Gasteiger partial charge in [-0.1, -0.05) is 6.07 Å². The van der Waals surface area contributed by atoms with Gasteiger partial charge in [-0.2, -0.15) is 4.31 Å². The number of hydrogen-bond acceptors (Lipinski definition) is 4. The Balaban J connectivity index is 1.89. The first-order chi connectivity index (χ1) is 8.61. The van der Waals surface area contributed by atoms with Crippen LogP contribution < -0.4 is 0 Å². The Kier molecular flexibility index (Phi) is 2.88. The number of hydrogen-bond donors (Lipinski definition) is 1. The third-order valence-corrected chi connectivity index (χ3v) is 5.75. The fraction of sp³-hybridized carbons (Fsp3) is 0.583. The Morgan fingerprint density at radius 1 is 1.39 bits per heavy atom. The van der Waals surface area contributed by atoms with Gasteiger partial charge >= 0.3 is 0 Å². The molecule has 2 heterocycles. The molecular weight excluding hydrogens is 252 g/mol. The summed E-state index contributed by atoms with van der Waals surface area (Å²) in [6.07, 6.45) is 4.53. The summed E-state index contributed by atoms with van der Waals surface area (Å²) in [5.74, 6) is 0.529. The molecule has 1 aromatic heterocycles. The average Bonchev–Trinajstić information content (AvgIpc) is 3.01. The number of pyridine rings is 1. The van der Waals surface area contributed by atoms with E-state index in [2.05, 4.69) is 4.98 Å². The van der Waals surface area contributed by atoms with Crippen molar-refractivity contribution in [2.45, 2.75) is 36.9 Å². The molecule has 2 aliphatic rings. The topological polar surface area (TPSA) is 70.5 Å². The molecule has 1 saturated carbocycles. The molecule has 0 spiro atoms. The van der Waals surface area contributed by atoms with Crippen molar-refractivity contribution in [1.82, 2.24) is 9.29 Å². The number of fused-ring (bicyclic) bond motifs is 2. The van der Waals surface area contributed by atoms with Crippen LogP contribution in [0, 0.1) is 5.92 Å². The number of sulfonamides is 1. The molecule has 2 atom stereocenters. The van der Waals surface area contributed by atoms with Gasteiger partial charge < -0.3 is 5.11 Å². The summed E-state index contributed by atoms with van der Waals surface area (Å²) in [6.45, 7) is 0.512. The number of piperidine rings is 1. The highest BCUT2D eigenvalue weighted by Crippen LogP contribution is 2.40. The fourth-order valence-electron chi connectivity index (χ4n) is 2.95. The normalized spacial score (nSPS) is 27.8. The molecular formula is C12H16N2O3S. The molecule has 1 aliphatic heterocycles. The van der Waals surface area contributed by atoms with Gasteiger partial charge in [0.1, 0.15) is 0 Å². The molecule has 1 aromatic rings. The Labute approximate surface area is 107 Å². The van der Waals surface area contributed by atoms with Gasteiger partial charge in [0.2, 0.25) is 0 Å². The second-order valence-corrected chi connectivity index (χ2v) is 6.91. The first kappa shape index (κ1) is 12.1. The van der Waals surface area contributed by atoms with E-state index >= 15 is 0 Å². The largest absolute Gasteiger partial charge is 0.392 e. The van der Waals surface area contributed by atoms with Crippen molar-refractivity contribution in [3.8, 4) is 0 Å². The maximum Gasteiger partial charge on any atom is 0.260 e. The maximum atomic E-state index is 12.4. The van der Waals surface area contributed by atoms with Crippen molar-refractivity contribution < 1.29 is 13.5 Å². The van der Waals surface area contributed by atoms with Crippen molar-refractivity contribution in [2.24, 2.45) is 5.92 Å². The third-order valence-electron chi connectivity index (χ3n) is 3.91. The predicted octanol–water partition coefficient (Wildman–Crippen LogP) is 0.747. The monoisotopic (exact) mass is 268 g/mol. The highest BCUT2D eigenvalue weighted by atomic mass is 32.2. The minimum atomic E-state index is -3.45. The molecule has 2 fully saturated rings. The summed E-state index contributed by atoms with van der Waals surface area (Å²) in [7, 11) is -3.45. The fourth-order valence-corrected chi connectivity index (χ4v) is 4.61. The summed E-state index contributed by atoms with van der Waals surface area (Å²) >= 11 is 0. The second-order valence-electron chi connectivity index (χ2n) is 5.07. The zero-order chi connectivity index (χ0) is 12.8. The second kappa shape index (κ2) is 4.29. The van der Waals surface area contributed by atoms with Crippen LogP contribution in [0.2, 0.25) is 0 Å². The minimum absolute atomic E-state index is 0.0900. The summed E-state index contributed by atoms with van der Waals surface area (Å²) in [6, 6.07) is 3.25. The van der Waals surface area contributed by atoms with Gasteiger partial charge in [-0.3, -0.25) is 0 Å². The van der Waals surface area contributed by atoms with Gasteiger partial charge in [0.05, 0.1) is 6.61 Å². The predicted molar refractivity (Wildman–Crippen MR) is 65.2 cm³/mol. The van der Waals surface area contributed by atoms with E-state index in [4.69, 9.17) is 5.11 Å². The summed E-state index contributed by atoms with van der Waals surface area (Å²) < 4.78 is 26.4. The molecule has 0 amide bonds. The van der Waals surface area contributed by atoms with Gasteiger partial charge in [-0.05, 0) is 36.8 Å². The Bertz CT molecular complexity index is 541. The van der Waals surface area contributed by atoms with E-state index < -0.39 is 10.0 Å². The highest BCUT2D eigenvalue weighted by molar-refractivity contribution is 7.89. The van der Waals surface area contributed by atoms with E-state index in [0.29, 0.717) is 18.0 Å². The van der Waals surface area contributed by atoms with Crippen molar-refractivity contribution in [1.29, 1.82) is 0 Å². The van der Waals surface area contributed by atoms with E-state index in [9.17, 15) is 8.42 Å². The lowest BCUT2D eigenvalue weighted by Crippen LogP contribution is -2.37. The van der Waals surface area contributed by atoms with Crippen molar-refractivity contribution in [2.75, 3.05) is 6.54 Å². The zero-order valence-corrected chi connectivity index (χ0v) is 10.8. The van der Waals surface area contributed by atoms with Gasteiger partial charge in [0.15, 0.2) is 5.03 Å². The molecule has 5 nitrogen and oxygen atoms in total. The van der Waals surface area contributed by atoms with Gasteiger partial charge in [-0.15, -0.1) is 0 Å². The molecule has 2 unspecified atom stereocenters. The SMILES string of the molecule is O=S(=O)(c1ccc(CO)cn1)N1CC2CCC1C2. The summed E-state index contributed by atoms with van der Waals surface area (Å²) in [4.78, 5) is 3.96. The quantitative estimate of drug-likeness (QED) is 0.878. The Morgan fingerprint density at radius 3 is 2.72 bits per heavy atom. The molecule has 98 valence electrons. The molecule has 0 radical (unpaired) electrons. The average molecular weight is 268 g/mol. The van der Waals surface area contributed by atoms with Crippen LogP contribution >= 0.6 is 0 Å². The zero-order valence-electron chi connectivity index (χ0n) is 9.99. The van der Waals surface area contributed by atoms with E-state index in [1.54, 1.807) is 10.4 Å². The summed E-state index contributed by atoms with van der Waals surface area (Å²) in [5, 5.41) is 9.02. The van der Waals surface area contributed by atoms with E-state index in [1.807, 2.05) is 0 Å². The molecule has 0 aromatic carbocycles. The number of aromatic nitrogens is 1. The van der Waals surface area contributed by atoms with Gasteiger partial charge in [-0.25, -0.2) is 13.4 Å². The summed E-state index contributed by atoms with van der Waals surface area (Å²) in [5.41, 5.74) is 0.622. The van der Waals surface area contributed by atoms with E-state index in [1.165, 1.54) is 12.3 Å². The number of aliphatic hydroxyl groups excluding tert-OH is 1. The Hall–Kier alpha value is -0.980. The van der Waals surface area contributed by atoms with Crippen LogP contribution in [0.5, 0.6) is 0 Å². The van der Waals surface area contributed by atoms with Crippen molar-refractivity contribution >= 4 is 10.0 Å². The number of rotatable bonds is 3. The van der Waals surface area contributed by atoms with Crippen LogP contribution in [-0.4, -0.2) is 35.4 Å². The van der Waals surface area contributed by atoms with Crippen LogP contribution in [0.25, 0.3) is 0 Å². The van der Waals surface area contributed by atoms with Crippen LogP contribution in [0.4, 0.5) is 0 Å². The molecule has 18 heavy (non-hydrogen) atoms. The molecule has 3 rings (SSSR count). The van der Waals surface area contributed by atoms with Crippen LogP contribution in [0.3, 0.4) is 0 Å². The first-order valence-electron chi connectivity index (χ1n) is 6.19. The molecule has 1 aliphatic carbocycles. The highest BCUT2D eigenvalue weighted by Gasteiger charge is 2.44. The molecule has 6 heteroatoms. The van der Waals surface area contributed by atoms with Gasteiger partial charge in [0.25, 0.3) is 10.0 Å². The maximum absolute atomic E-state index is 12.4. The van der Waals surface area contributed by atoms with Crippen molar-refractivity contribution in [3.63, 3.8) is 0 Å². The lowest BCUT2D eigenvalue weighted by Gasteiger charge is -2.25. The van der Waals surface area contributed by atoms with Crippen LogP contribution in [0.15, 0.2) is 23.4 Å². The third kappa shape index (κ3) is 1.84. The lowest BCUT2D eigenvalue weighted by molar-refractivity contribution is 0.281. The minimum Gasteiger partial charge on any atom is -0.392 e. The van der Waals surface area contributed by atoms with E-state index in [-0.39, 0.29) is 17.7 Å². The number of aliphatic hydroxyl groups is 1. The van der Waals surface area contributed by atoms with Crippen molar-refractivity contribution in [3.05, 3.63) is 23.9 Å². The molecule has 2 bridgehead atoms. The lowest BCUT2D eigenvalue weighted by atomic mass is 10.1. The molecule has 1 N–H and O–H groups in total. The first-order valence-corrected chi connectivity index (χ1v) is 7.63. The van der Waals surface area contributed by atoms with Crippen LogP contribution in [0.1, 0.15) is 24.8 Å². The standard InChI is InChI=1S/C12H16N2O3S/c15-8-10-2-4-12(13-6-10)18(16,17)14-7-9-1-3-11(14)5-9/h2,4,6,9,11,15H,1,3,5,7-8H2. The smallest absolute Gasteiger partial charge is 0.260 e. The van der Waals surface area contributed by atoms with Gasteiger partial charge in [0, 0.05) is 18.8 Å². The Morgan fingerprint density at radius 2 is 2.22 bits per heavy atom. The van der Waals surface area contributed by atoms with Crippen LogP contribution in [-0.2, 0) is 16.6 Å². The van der Waals surface area contributed by atoms with E-state index in [0.717, 1.165) is 19.3 Å². The molecule has 1 saturated heterocycles.